The molecule has 6 rings (SSSR count). The van der Waals surface area contributed by atoms with Crippen LogP contribution in [0.3, 0.4) is 0 Å². The molecule has 2 saturated heterocycles. The first-order valence-corrected chi connectivity index (χ1v) is 17.3. The monoisotopic (exact) mass is 681 g/mol. The molecule has 9 nitrogen and oxygen atoms in total. The number of aryl methyl sites for hydroxylation is 1. The Labute approximate surface area is 292 Å². The fraction of sp³-hybridized carbons (Fsp3) is 0.359. The van der Waals surface area contributed by atoms with Crippen molar-refractivity contribution in [1.82, 2.24) is 9.88 Å². The van der Waals surface area contributed by atoms with E-state index in [-0.39, 0.29) is 18.3 Å². The van der Waals surface area contributed by atoms with E-state index in [0.717, 1.165) is 85.1 Å². The summed E-state index contributed by atoms with van der Waals surface area (Å²) in [5, 5.41) is 3.61. The van der Waals surface area contributed by atoms with Crippen LogP contribution in [0.5, 0.6) is 0 Å². The lowest BCUT2D eigenvalue weighted by Crippen LogP contribution is -2.44. The first kappa shape index (κ1) is 35.0. The molecule has 1 aromatic heterocycles. The average molecular weight is 682 g/mol. The van der Waals surface area contributed by atoms with Gasteiger partial charge in [-0.15, -0.1) is 0 Å². The van der Waals surface area contributed by atoms with Crippen LogP contribution in [-0.4, -0.2) is 74.1 Å². The average Bonchev–Trinajstić information content (AvgIpc) is 3.09. The topological polar surface area (TPSA) is 122 Å². The lowest BCUT2D eigenvalue weighted by atomic mass is 9.89. The molecule has 1 amide bonds. The third-order valence-corrected chi connectivity index (χ3v) is 9.44. The van der Waals surface area contributed by atoms with Gasteiger partial charge in [0.05, 0.1) is 5.56 Å². The number of nitrogen functional groups attached to an aromatic ring is 1. The van der Waals surface area contributed by atoms with E-state index in [1.165, 1.54) is 12.1 Å². The predicted octanol–water partition coefficient (Wildman–Crippen LogP) is 6.04. The summed E-state index contributed by atoms with van der Waals surface area (Å²) in [6.07, 6.45) is 5.05. The van der Waals surface area contributed by atoms with E-state index in [2.05, 4.69) is 39.1 Å². The fourth-order valence-corrected chi connectivity index (χ4v) is 6.71. The van der Waals surface area contributed by atoms with Crippen LogP contribution in [0, 0.1) is 11.6 Å². The number of anilines is 3. The zero-order valence-electron chi connectivity index (χ0n) is 28.7. The minimum atomic E-state index is -0.658. The molecule has 4 aromatic rings. The van der Waals surface area contributed by atoms with Crippen molar-refractivity contribution in [2.75, 3.05) is 62.4 Å². The predicted molar refractivity (Wildman–Crippen MR) is 196 cm³/mol. The second-order valence-corrected chi connectivity index (χ2v) is 13.2. The number of halogens is 2. The van der Waals surface area contributed by atoms with Crippen LogP contribution in [0.15, 0.2) is 71.9 Å². The quantitative estimate of drug-likeness (QED) is 0.137. The number of aliphatic imine (C=N–C) groups is 1. The molecule has 2 aliphatic rings. The summed E-state index contributed by atoms with van der Waals surface area (Å²) < 4.78 is 34.1. The second-order valence-electron chi connectivity index (χ2n) is 13.2. The number of likely N-dealkylation sites (N-methyl/N-ethyl adjacent to an activating group) is 1. The SMILES string of the molecule is CCCc1cc(-c2ccc(N)nc2)c(Cc2cc(F)cc(F)c2)cc1C(N)=NC(=O)c1ccc(N2CCN(C)CC2)cc1NC1CCOCC1. The molecule has 0 bridgehead atoms. The number of hydrogen-bond acceptors (Lipinski definition) is 7. The molecule has 2 aliphatic heterocycles. The third-order valence-electron chi connectivity index (χ3n) is 9.44. The number of benzene rings is 3. The summed E-state index contributed by atoms with van der Waals surface area (Å²) in [4.78, 5) is 27.4. The van der Waals surface area contributed by atoms with Gasteiger partial charge < -0.3 is 31.3 Å². The molecule has 0 unspecified atom stereocenters. The van der Waals surface area contributed by atoms with E-state index < -0.39 is 17.5 Å². The van der Waals surface area contributed by atoms with Gasteiger partial charge in [-0.2, -0.15) is 4.99 Å². The van der Waals surface area contributed by atoms with Crippen molar-refractivity contribution in [3.8, 4) is 11.1 Å². The number of nitrogens with one attached hydrogen (secondary N) is 1. The van der Waals surface area contributed by atoms with E-state index in [1.54, 1.807) is 12.3 Å². The van der Waals surface area contributed by atoms with Gasteiger partial charge in [0.1, 0.15) is 23.3 Å². The van der Waals surface area contributed by atoms with Crippen molar-refractivity contribution in [2.24, 2.45) is 10.7 Å². The summed E-state index contributed by atoms with van der Waals surface area (Å²) in [5.41, 5.74) is 19.1. The van der Waals surface area contributed by atoms with Crippen molar-refractivity contribution in [2.45, 2.75) is 45.1 Å². The molecule has 3 heterocycles. The summed E-state index contributed by atoms with van der Waals surface area (Å²) in [7, 11) is 2.12. The number of carbonyl (C=O) groups is 1. The minimum Gasteiger partial charge on any atom is -0.384 e. The van der Waals surface area contributed by atoms with Crippen molar-refractivity contribution in [3.63, 3.8) is 0 Å². The first-order valence-electron chi connectivity index (χ1n) is 17.3. The molecule has 11 heteroatoms. The van der Waals surface area contributed by atoms with Crippen molar-refractivity contribution in [1.29, 1.82) is 0 Å². The number of hydrogen-bond donors (Lipinski definition) is 3. The smallest absolute Gasteiger partial charge is 0.281 e. The number of nitrogens with two attached hydrogens (primary N) is 2. The number of ether oxygens (including phenoxy) is 1. The minimum absolute atomic E-state index is 0.0762. The summed E-state index contributed by atoms with van der Waals surface area (Å²) in [6.45, 7) is 7.13. The van der Waals surface area contributed by atoms with Crippen LogP contribution >= 0.6 is 0 Å². The van der Waals surface area contributed by atoms with Crippen molar-refractivity contribution >= 4 is 28.9 Å². The van der Waals surface area contributed by atoms with Gasteiger partial charge in [-0.1, -0.05) is 19.4 Å². The van der Waals surface area contributed by atoms with Gasteiger partial charge in [-0.3, -0.25) is 4.79 Å². The number of aromatic nitrogens is 1. The van der Waals surface area contributed by atoms with Crippen LogP contribution in [0.25, 0.3) is 11.1 Å². The summed E-state index contributed by atoms with van der Waals surface area (Å²) in [6, 6.07) is 17.0. The molecule has 0 atom stereocenters. The van der Waals surface area contributed by atoms with E-state index in [0.29, 0.717) is 42.1 Å². The number of pyridine rings is 1. The van der Waals surface area contributed by atoms with Crippen molar-refractivity contribution in [3.05, 3.63) is 106 Å². The molecular formula is C39H45F2N7O2. The molecule has 0 aliphatic carbocycles. The van der Waals surface area contributed by atoms with Gasteiger partial charge in [-0.05, 0) is 104 Å². The van der Waals surface area contributed by atoms with Crippen LogP contribution in [0.2, 0.25) is 0 Å². The van der Waals surface area contributed by atoms with E-state index >= 15 is 0 Å². The highest BCUT2D eigenvalue weighted by Gasteiger charge is 2.22. The van der Waals surface area contributed by atoms with E-state index in [4.69, 9.17) is 16.2 Å². The maximum absolute atomic E-state index is 14.2. The zero-order chi connectivity index (χ0) is 35.2. The number of rotatable bonds is 10. The molecule has 0 spiro atoms. The maximum atomic E-state index is 14.2. The Hall–Kier alpha value is -4.87. The number of amides is 1. The Kier molecular flexibility index (Phi) is 11.0. The van der Waals surface area contributed by atoms with Gasteiger partial charge in [0.15, 0.2) is 0 Å². The second kappa shape index (κ2) is 15.8. The Morgan fingerprint density at radius 3 is 2.38 bits per heavy atom. The normalized spacial score (nSPS) is 16.1. The largest absolute Gasteiger partial charge is 0.384 e. The third kappa shape index (κ3) is 8.46. The molecular weight excluding hydrogens is 636 g/mol. The van der Waals surface area contributed by atoms with Gasteiger partial charge in [0, 0.05) is 80.2 Å². The highest BCUT2D eigenvalue weighted by molar-refractivity contribution is 6.11. The fourth-order valence-electron chi connectivity index (χ4n) is 6.71. The highest BCUT2D eigenvalue weighted by Crippen LogP contribution is 2.32. The maximum Gasteiger partial charge on any atom is 0.281 e. The zero-order valence-corrected chi connectivity index (χ0v) is 28.7. The van der Waals surface area contributed by atoms with Crippen LogP contribution in [0.1, 0.15) is 58.8 Å². The molecule has 3 aromatic carbocycles. The standard InChI is InChI=1S/C39H45F2N7O2/c1-3-4-26-20-34(27-5-8-37(42)44-24-27)28(17-25-18-29(40)22-30(41)19-25)21-35(26)38(43)46-39(49)33-7-6-32(48-13-11-47(2)12-14-48)23-36(33)45-31-9-15-50-16-10-31/h5-8,18-24,31,45H,3-4,9-17H2,1-2H3,(H2,42,44)(H2,43,46,49). The summed E-state index contributed by atoms with van der Waals surface area (Å²) >= 11 is 0. The van der Waals surface area contributed by atoms with Gasteiger partial charge in [0.2, 0.25) is 0 Å². The first-order chi connectivity index (χ1) is 24.2. The highest BCUT2D eigenvalue weighted by atomic mass is 19.1. The van der Waals surface area contributed by atoms with Crippen molar-refractivity contribution < 1.29 is 18.3 Å². The summed E-state index contributed by atoms with van der Waals surface area (Å²) in [5.74, 6) is -1.31. The number of amidine groups is 1. The van der Waals surface area contributed by atoms with Gasteiger partial charge in [0.25, 0.3) is 5.91 Å². The number of piperazine rings is 1. The molecule has 50 heavy (non-hydrogen) atoms. The molecule has 0 saturated carbocycles. The van der Waals surface area contributed by atoms with Gasteiger partial charge in [-0.25, -0.2) is 13.8 Å². The Morgan fingerprint density at radius 1 is 0.960 bits per heavy atom. The van der Waals surface area contributed by atoms with E-state index in [1.807, 2.05) is 36.4 Å². The number of nitrogens with zero attached hydrogens (tertiary/aromatic N) is 4. The molecule has 262 valence electrons. The molecule has 5 N–H and O–H groups in total. The Balaban J connectivity index is 1.39. The van der Waals surface area contributed by atoms with Crippen LogP contribution in [-0.2, 0) is 17.6 Å². The Bertz CT molecular complexity index is 1830. The van der Waals surface area contributed by atoms with E-state index in [9.17, 15) is 13.6 Å². The lowest BCUT2D eigenvalue weighted by Gasteiger charge is -2.34. The number of carbonyl (C=O) groups excluding carboxylic acids is 1. The Morgan fingerprint density at radius 2 is 1.70 bits per heavy atom. The lowest BCUT2D eigenvalue weighted by molar-refractivity contribution is 0.0904. The molecule has 2 fully saturated rings. The molecule has 0 radical (unpaired) electrons. The van der Waals surface area contributed by atoms with Crippen LogP contribution < -0.4 is 21.7 Å². The van der Waals surface area contributed by atoms with Gasteiger partial charge >= 0.3 is 0 Å². The van der Waals surface area contributed by atoms with Crippen LogP contribution in [0.4, 0.5) is 26.0 Å².